The van der Waals surface area contributed by atoms with Gasteiger partial charge in [0, 0.05) is 12.0 Å². The lowest BCUT2D eigenvalue weighted by Crippen LogP contribution is -2.41. The Labute approximate surface area is 119 Å². The lowest BCUT2D eigenvalue weighted by molar-refractivity contribution is 0.0638. The minimum absolute atomic E-state index is 0.160. The summed E-state index contributed by atoms with van der Waals surface area (Å²) in [4.78, 5) is 0. The molecule has 3 unspecified atom stereocenters. The van der Waals surface area contributed by atoms with Crippen LogP contribution in [-0.4, -0.2) is 18.8 Å². The minimum atomic E-state index is 0.160. The van der Waals surface area contributed by atoms with Crippen molar-refractivity contribution >= 4 is 10.8 Å². The molecule has 0 amide bonds. The standard InChI is InChI=1S/C18H21NO/c19-12-18(11-15-8-9-17(18)20-15)10-14-6-3-5-13-4-1-2-7-16(13)14/h1-7,15,17H,8-12,19H2. The smallest absolute Gasteiger partial charge is 0.0652 e. The van der Waals surface area contributed by atoms with Crippen molar-refractivity contribution in [2.75, 3.05) is 6.54 Å². The van der Waals surface area contributed by atoms with E-state index >= 15 is 0 Å². The van der Waals surface area contributed by atoms with Crippen LogP contribution in [0.15, 0.2) is 42.5 Å². The van der Waals surface area contributed by atoms with E-state index in [0.29, 0.717) is 12.2 Å². The Balaban J connectivity index is 1.73. The summed E-state index contributed by atoms with van der Waals surface area (Å²) in [6, 6.07) is 15.2. The predicted molar refractivity (Wildman–Crippen MR) is 81.7 cm³/mol. The zero-order valence-electron chi connectivity index (χ0n) is 11.7. The number of rotatable bonds is 3. The van der Waals surface area contributed by atoms with E-state index in [9.17, 15) is 0 Å². The summed E-state index contributed by atoms with van der Waals surface area (Å²) in [5.41, 5.74) is 7.75. The number of benzene rings is 2. The van der Waals surface area contributed by atoms with Gasteiger partial charge < -0.3 is 10.5 Å². The molecule has 2 aliphatic heterocycles. The lowest BCUT2D eigenvalue weighted by atomic mass is 9.70. The van der Waals surface area contributed by atoms with Crippen molar-refractivity contribution in [2.24, 2.45) is 11.1 Å². The summed E-state index contributed by atoms with van der Waals surface area (Å²) in [5.74, 6) is 0. The molecule has 0 saturated carbocycles. The Bertz CT molecular complexity index is 633. The molecule has 3 atom stereocenters. The van der Waals surface area contributed by atoms with Gasteiger partial charge in [-0.05, 0) is 42.0 Å². The summed E-state index contributed by atoms with van der Waals surface area (Å²) in [7, 11) is 0. The summed E-state index contributed by atoms with van der Waals surface area (Å²) < 4.78 is 6.08. The predicted octanol–water partition coefficient (Wildman–Crippen LogP) is 3.28. The van der Waals surface area contributed by atoms with Crippen LogP contribution in [0.1, 0.15) is 24.8 Å². The van der Waals surface area contributed by atoms with Crippen molar-refractivity contribution in [1.82, 2.24) is 0 Å². The molecule has 2 heteroatoms. The maximum atomic E-state index is 6.17. The monoisotopic (exact) mass is 267 g/mol. The Morgan fingerprint density at radius 2 is 1.95 bits per heavy atom. The average Bonchev–Trinajstić information content (AvgIpc) is 3.09. The third-order valence-corrected chi connectivity index (χ3v) is 5.25. The normalized spacial score (nSPS) is 32.0. The summed E-state index contributed by atoms with van der Waals surface area (Å²) in [6.45, 7) is 0.734. The van der Waals surface area contributed by atoms with Crippen LogP contribution in [0.5, 0.6) is 0 Å². The molecule has 4 rings (SSSR count). The second kappa shape index (κ2) is 4.57. The van der Waals surface area contributed by atoms with Gasteiger partial charge in [0.05, 0.1) is 12.2 Å². The molecule has 2 aromatic rings. The first kappa shape index (κ1) is 12.4. The number of ether oxygens (including phenoxy) is 1. The average molecular weight is 267 g/mol. The Morgan fingerprint density at radius 3 is 2.70 bits per heavy atom. The van der Waals surface area contributed by atoms with Crippen molar-refractivity contribution in [3.63, 3.8) is 0 Å². The largest absolute Gasteiger partial charge is 0.374 e. The molecular weight excluding hydrogens is 246 g/mol. The second-order valence-electron chi connectivity index (χ2n) is 6.41. The van der Waals surface area contributed by atoms with Gasteiger partial charge in [0.15, 0.2) is 0 Å². The van der Waals surface area contributed by atoms with E-state index in [0.717, 1.165) is 19.4 Å². The van der Waals surface area contributed by atoms with Crippen LogP contribution in [0.4, 0.5) is 0 Å². The molecule has 2 N–H and O–H groups in total. The fourth-order valence-electron chi connectivity index (χ4n) is 4.19. The molecule has 2 aliphatic rings. The van der Waals surface area contributed by atoms with Gasteiger partial charge in [-0.1, -0.05) is 42.5 Å². The summed E-state index contributed by atoms with van der Waals surface area (Å²) >= 11 is 0. The molecule has 0 spiro atoms. The number of fused-ring (bicyclic) bond motifs is 3. The van der Waals surface area contributed by atoms with Gasteiger partial charge in [0.1, 0.15) is 0 Å². The van der Waals surface area contributed by atoms with Crippen LogP contribution in [0.2, 0.25) is 0 Å². The zero-order valence-corrected chi connectivity index (χ0v) is 11.7. The highest BCUT2D eigenvalue weighted by Crippen LogP contribution is 2.49. The van der Waals surface area contributed by atoms with Crippen LogP contribution in [-0.2, 0) is 11.2 Å². The molecule has 0 radical (unpaired) electrons. The van der Waals surface area contributed by atoms with Crippen LogP contribution in [0.3, 0.4) is 0 Å². The first-order chi connectivity index (χ1) is 9.81. The number of hydrogen-bond acceptors (Lipinski definition) is 2. The van der Waals surface area contributed by atoms with E-state index in [2.05, 4.69) is 42.5 Å². The molecule has 2 bridgehead atoms. The van der Waals surface area contributed by atoms with Crippen molar-refractivity contribution < 1.29 is 4.74 Å². The molecule has 2 heterocycles. The Hall–Kier alpha value is -1.38. The molecule has 0 aliphatic carbocycles. The molecule has 2 aromatic carbocycles. The van der Waals surface area contributed by atoms with E-state index in [1.165, 1.54) is 29.2 Å². The summed E-state index contributed by atoms with van der Waals surface area (Å²) in [6.07, 6.45) is 5.42. The van der Waals surface area contributed by atoms with E-state index in [1.807, 2.05) is 0 Å². The van der Waals surface area contributed by atoms with Gasteiger partial charge >= 0.3 is 0 Å². The van der Waals surface area contributed by atoms with Crippen molar-refractivity contribution in [3.05, 3.63) is 48.0 Å². The molecule has 2 saturated heterocycles. The third kappa shape index (κ3) is 1.79. The molecule has 0 aromatic heterocycles. The second-order valence-corrected chi connectivity index (χ2v) is 6.41. The highest BCUT2D eigenvalue weighted by atomic mass is 16.5. The summed E-state index contributed by atoms with van der Waals surface area (Å²) in [5, 5.41) is 2.69. The molecule has 2 fully saturated rings. The minimum Gasteiger partial charge on any atom is -0.374 e. The van der Waals surface area contributed by atoms with Crippen molar-refractivity contribution in [3.8, 4) is 0 Å². The number of nitrogens with two attached hydrogens (primary N) is 1. The topological polar surface area (TPSA) is 35.2 Å². The van der Waals surface area contributed by atoms with Crippen LogP contribution < -0.4 is 5.73 Å². The van der Waals surface area contributed by atoms with E-state index in [1.54, 1.807) is 0 Å². The molecular formula is C18H21NO. The Kier molecular flexibility index (Phi) is 2.83. The van der Waals surface area contributed by atoms with Gasteiger partial charge in [-0.25, -0.2) is 0 Å². The van der Waals surface area contributed by atoms with Gasteiger partial charge in [-0.3, -0.25) is 0 Å². The van der Waals surface area contributed by atoms with Crippen LogP contribution >= 0.6 is 0 Å². The van der Waals surface area contributed by atoms with E-state index < -0.39 is 0 Å². The SMILES string of the molecule is NCC1(Cc2cccc3ccccc23)CC2CCC1O2. The van der Waals surface area contributed by atoms with E-state index in [-0.39, 0.29) is 5.41 Å². The molecule has 2 nitrogen and oxygen atoms in total. The maximum Gasteiger partial charge on any atom is 0.0652 e. The van der Waals surface area contributed by atoms with Crippen molar-refractivity contribution in [1.29, 1.82) is 0 Å². The fraction of sp³-hybridized carbons (Fsp3) is 0.444. The molecule has 20 heavy (non-hydrogen) atoms. The van der Waals surface area contributed by atoms with Gasteiger partial charge in [0.25, 0.3) is 0 Å². The van der Waals surface area contributed by atoms with E-state index in [4.69, 9.17) is 10.5 Å². The highest BCUT2D eigenvalue weighted by molar-refractivity contribution is 5.85. The van der Waals surface area contributed by atoms with Crippen LogP contribution in [0, 0.1) is 5.41 Å². The van der Waals surface area contributed by atoms with Gasteiger partial charge in [-0.2, -0.15) is 0 Å². The maximum absolute atomic E-state index is 6.17. The van der Waals surface area contributed by atoms with Gasteiger partial charge in [-0.15, -0.1) is 0 Å². The highest BCUT2D eigenvalue weighted by Gasteiger charge is 2.51. The van der Waals surface area contributed by atoms with Crippen LogP contribution in [0.25, 0.3) is 10.8 Å². The Morgan fingerprint density at radius 1 is 1.10 bits per heavy atom. The van der Waals surface area contributed by atoms with Crippen molar-refractivity contribution in [2.45, 2.75) is 37.9 Å². The fourth-order valence-corrected chi connectivity index (χ4v) is 4.19. The van der Waals surface area contributed by atoms with Gasteiger partial charge in [0.2, 0.25) is 0 Å². The molecule has 104 valence electrons. The lowest BCUT2D eigenvalue weighted by Gasteiger charge is -2.34. The zero-order chi connectivity index (χ0) is 13.6. The first-order valence-electron chi connectivity index (χ1n) is 7.63. The third-order valence-electron chi connectivity index (χ3n) is 5.25. The first-order valence-corrected chi connectivity index (χ1v) is 7.63. The number of hydrogen-bond donors (Lipinski definition) is 1. The quantitative estimate of drug-likeness (QED) is 0.926.